The number of hydrogen-bond acceptors (Lipinski definition) is 6. The van der Waals surface area contributed by atoms with Crippen LogP contribution in [0.3, 0.4) is 0 Å². The Morgan fingerprint density at radius 3 is 2.74 bits per heavy atom. The maximum absolute atomic E-state index is 14.1. The fraction of sp³-hybridized carbons (Fsp3) is 0.409. The first-order chi connectivity index (χ1) is 15.0. The third-order valence-electron chi connectivity index (χ3n) is 6.68. The van der Waals surface area contributed by atoms with Gasteiger partial charge in [0.25, 0.3) is 5.92 Å². The second-order valence-electron chi connectivity index (χ2n) is 8.59. The topological polar surface area (TPSA) is 68.1 Å². The molecule has 3 atom stereocenters. The molecule has 3 unspecified atom stereocenters. The van der Waals surface area contributed by atoms with Gasteiger partial charge in [-0.25, -0.2) is 8.78 Å². The van der Waals surface area contributed by atoms with Crippen molar-refractivity contribution >= 4 is 5.82 Å². The van der Waals surface area contributed by atoms with Gasteiger partial charge in [-0.1, -0.05) is 6.07 Å². The minimum absolute atomic E-state index is 0.0233. The van der Waals surface area contributed by atoms with E-state index in [-0.39, 0.29) is 18.5 Å². The van der Waals surface area contributed by atoms with Crippen LogP contribution in [0.5, 0.6) is 5.88 Å². The molecule has 160 valence electrons. The number of aromatic nitrogens is 4. The largest absolute Gasteiger partial charge is 0.472 e. The van der Waals surface area contributed by atoms with Gasteiger partial charge in [-0.15, -0.1) is 0 Å². The van der Waals surface area contributed by atoms with E-state index in [0.29, 0.717) is 25.3 Å². The molecule has 3 aliphatic heterocycles. The van der Waals surface area contributed by atoms with Crippen molar-refractivity contribution in [3.05, 3.63) is 48.3 Å². The molecular weight excluding hydrogens is 402 g/mol. The van der Waals surface area contributed by atoms with Gasteiger partial charge in [-0.2, -0.15) is 20.0 Å². The normalized spacial score (nSPS) is 25.5. The SMILES string of the molecule is CN(c1ccc2c(n1)OCc1cc(-n3nccn3)ccc1-2)C1CC2CC(F)(F)C(C1)N2. The average Bonchev–Trinajstić information content (AvgIpc) is 3.38. The van der Waals surface area contributed by atoms with Crippen LogP contribution in [-0.4, -0.2) is 51.1 Å². The fourth-order valence-electron chi connectivity index (χ4n) is 5.05. The molecule has 1 N–H and O–H groups in total. The molecule has 2 bridgehead atoms. The Hall–Kier alpha value is -3.07. The number of benzene rings is 1. The Bertz CT molecular complexity index is 1140. The predicted octanol–water partition coefficient (Wildman–Crippen LogP) is 3.19. The van der Waals surface area contributed by atoms with E-state index in [0.717, 1.165) is 28.2 Å². The van der Waals surface area contributed by atoms with Crippen molar-refractivity contribution in [2.24, 2.45) is 0 Å². The first-order valence-electron chi connectivity index (χ1n) is 10.5. The van der Waals surface area contributed by atoms with Gasteiger partial charge in [0.1, 0.15) is 12.4 Å². The summed E-state index contributed by atoms with van der Waals surface area (Å²) in [5, 5.41) is 11.4. The quantitative estimate of drug-likeness (QED) is 0.697. The number of fused-ring (bicyclic) bond motifs is 5. The van der Waals surface area contributed by atoms with Crippen molar-refractivity contribution in [2.45, 2.75) is 49.9 Å². The third kappa shape index (κ3) is 3.06. The molecule has 0 aliphatic carbocycles. The number of anilines is 1. The number of alkyl halides is 2. The smallest absolute Gasteiger partial charge is 0.264 e. The molecule has 31 heavy (non-hydrogen) atoms. The van der Waals surface area contributed by atoms with Crippen molar-refractivity contribution < 1.29 is 13.5 Å². The third-order valence-corrected chi connectivity index (χ3v) is 6.68. The fourth-order valence-corrected chi connectivity index (χ4v) is 5.05. The van der Waals surface area contributed by atoms with E-state index in [9.17, 15) is 8.78 Å². The first kappa shape index (κ1) is 18.7. The molecule has 2 saturated heterocycles. The van der Waals surface area contributed by atoms with E-state index >= 15 is 0 Å². The molecule has 0 spiro atoms. The summed E-state index contributed by atoms with van der Waals surface area (Å²) in [5.74, 6) is -1.31. The summed E-state index contributed by atoms with van der Waals surface area (Å²) in [7, 11) is 1.93. The number of pyridine rings is 1. The van der Waals surface area contributed by atoms with Crippen molar-refractivity contribution in [3.8, 4) is 22.7 Å². The Kier molecular flexibility index (Phi) is 4.05. The molecule has 1 aromatic carbocycles. The van der Waals surface area contributed by atoms with E-state index in [1.807, 2.05) is 42.3 Å². The molecule has 7 nitrogen and oxygen atoms in total. The number of hydrogen-bond donors (Lipinski definition) is 1. The van der Waals surface area contributed by atoms with Crippen molar-refractivity contribution in [1.82, 2.24) is 25.3 Å². The zero-order valence-electron chi connectivity index (χ0n) is 17.0. The monoisotopic (exact) mass is 424 g/mol. The van der Waals surface area contributed by atoms with Crippen LogP contribution in [0.4, 0.5) is 14.6 Å². The van der Waals surface area contributed by atoms with Gasteiger partial charge in [0.2, 0.25) is 5.88 Å². The van der Waals surface area contributed by atoms with Crippen LogP contribution in [0.25, 0.3) is 16.8 Å². The van der Waals surface area contributed by atoms with E-state index in [1.165, 1.54) is 0 Å². The minimum atomic E-state index is -2.62. The highest BCUT2D eigenvalue weighted by atomic mass is 19.3. The highest BCUT2D eigenvalue weighted by molar-refractivity contribution is 5.75. The van der Waals surface area contributed by atoms with Gasteiger partial charge < -0.3 is 15.0 Å². The summed E-state index contributed by atoms with van der Waals surface area (Å²) in [4.78, 5) is 8.33. The maximum Gasteiger partial charge on any atom is 0.264 e. The van der Waals surface area contributed by atoms with Crippen molar-refractivity contribution in [3.63, 3.8) is 0 Å². The highest BCUT2D eigenvalue weighted by Crippen LogP contribution is 2.42. The molecule has 2 aromatic heterocycles. The summed E-state index contributed by atoms with van der Waals surface area (Å²) in [6.07, 6.45) is 4.31. The molecule has 5 heterocycles. The van der Waals surface area contributed by atoms with Crippen molar-refractivity contribution in [1.29, 1.82) is 0 Å². The summed E-state index contributed by atoms with van der Waals surface area (Å²) in [6.45, 7) is 0.404. The van der Waals surface area contributed by atoms with Gasteiger partial charge in [0.05, 0.1) is 24.1 Å². The number of nitrogens with one attached hydrogen (secondary N) is 1. The van der Waals surface area contributed by atoms with Gasteiger partial charge in [-0.05, 0) is 48.2 Å². The number of nitrogens with zero attached hydrogens (tertiary/aromatic N) is 5. The number of rotatable bonds is 3. The summed E-state index contributed by atoms with van der Waals surface area (Å²) < 4.78 is 34.2. The van der Waals surface area contributed by atoms with Crippen LogP contribution in [0, 0.1) is 0 Å². The van der Waals surface area contributed by atoms with Gasteiger partial charge in [0, 0.05) is 31.1 Å². The summed E-state index contributed by atoms with van der Waals surface area (Å²) in [6, 6.07) is 9.11. The second kappa shape index (κ2) is 6.71. The lowest BCUT2D eigenvalue weighted by atomic mass is 9.97. The summed E-state index contributed by atoms with van der Waals surface area (Å²) in [5.41, 5.74) is 3.91. The molecule has 0 radical (unpaired) electrons. The predicted molar refractivity (Wildman–Crippen MR) is 111 cm³/mol. The molecule has 9 heteroatoms. The van der Waals surface area contributed by atoms with E-state index in [1.54, 1.807) is 17.2 Å². The first-order valence-corrected chi connectivity index (χ1v) is 10.5. The van der Waals surface area contributed by atoms with E-state index in [4.69, 9.17) is 9.72 Å². The Balaban J connectivity index is 1.27. The van der Waals surface area contributed by atoms with Gasteiger partial charge in [0.15, 0.2) is 0 Å². The number of halogens is 2. The van der Waals surface area contributed by atoms with Crippen molar-refractivity contribution in [2.75, 3.05) is 11.9 Å². The van der Waals surface area contributed by atoms with E-state index < -0.39 is 12.0 Å². The molecule has 0 amide bonds. The average molecular weight is 424 g/mol. The highest BCUT2D eigenvalue weighted by Gasteiger charge is 2.53. The standard InChI is InChI=1S/C22H22F2N6O/c1-29(16-9-14-11-22(23,24)19(10-16)27-14)20-5-4-18-17-3-2-15(30-25-6-7-26-30)8-13(17)12-31-21(18)28-20/h2-8,14,16,19,27H,9-12H2,1H3. The Morgan fingerprint density at radius 2 is 1.94 bits per heavy atom. The summed E-state index contributed by atoms with van der Waals surface area (Å²) >= 11 is 0. The minimum Gasteiger partial charge on any atom is -0.472 e. The van der Waals surface area contributed by atoms with Gasteiger partial charge in [-0.3, -0.25) is 0 Å². The van der Waals surface area contributed by atoms with Gasteiger partial charge >= 0.3 is 0 Å². The zero-order valence-corrected chi connectivity index (χ0v) is 17.0. The number of piperidine rings is 1. The van der Waals surface area contributed by atoms with Crippen LogP contribution in [0.2, 0.25) is 0 Å². The Labute approximate surface area is 178 Å². The molecule has 6 rings (SSSR count). The molecule has 2 fully saturated rings. The van der Waals surface area contributed by atoms with E-state index in [2.05, 4.69) is 15.5 Å². The van der Waals surface area contributed by atoms with Crippen LogP contribution in [-0.2, 0) is 6.61 Å². The molecule has 3 aromatic rings. The molecule has 3 aliphatic rings. The number of ether oxygens (including phenoxy) is 1. The lowest BCUT2D eigenvalue weighted by Crippen LogP contribution is -2.49. The zero-order chi connectivity index (χ0) is 21.2. The van der Waals surface area contributed by atoms with Crippen LogP contribution in [0.1, 0.15) is 24.8 Å². The van der Waals surface area contributed by atoms with Crippen LogP contribution < -0.4 is 15.0 Å². The molecule has 0 saturated carbocycles. The lowest BCUT2D eigenvalue weighted by Gasteiger charge is -2.36. The lowest BCUT2D eigenvalue weighted by molar-refractivity contribution is -0.0128. The van der Waals surface area contributed by atoms with Crippen LogP contribution in [0.15, 0.2) is 42.7 Å². The maximum atomic E-state index is 14.1. The Morgan fingerprint density at radius 1 is 1.13 bits per heavy atom. The second-order valence-corrected chi connectivity index (χ2v) is 8.59. The van der Waals surface area contributed by atoms with Crippen LogP contribution >= 0.6 is 0 Å². The molecular formula is C22H22F2N6O.